The van der Waals surface area contributed by atoms with E-state index < -0.39 is 0 Å². The van der Waals surface area contributed by atoms with E-state index in [0.29, 0.717) is 6.67 Å². The second kappa shape index (κ2) is 2.70. The van der Waals surface area contributed by atoms with Crippen molar-refractivity contribution in [3.8, 4) is 0 Å². The highest BCUT2D eigenvalue weighted by atomic mass is 16.2. The zero-order chi connectivity index (χ0) is 8.48. The maximum absolute atomic E-state index is 11.2. The second-order valence-electron chi connectivity index (χ2n) is 3.52. The molecule has 4 nitrogen and oxygen atoms in total. The summed E-state index contributed by atoms with van der Waals surface area (Å²) in [7, 11) is 1.83. The van der Waals surface area contributed by atoms with Crippen molar-refractivity contribution in [3.63, 3.8) is 0 Å². The summed E-state index contributed by atoms with van der Waals surface area (Å²) in [5.74, 6) is 0. The molecule has 11 heavy (non-hydrogen) atoms. The predicted molar refractivity (Wildman–Crippen MR) is 43.2 cm³/mol. The van der Waals surface area contributed by atoms with Crippen molar-refractivity contribution < 1.29 is 4.79 Å². The molecule has 0 spiro atoms. The van der Waals surface area contributed by atoms with E-state index in [9.17, 15) is 4.79 Å². The molecule has 0 bridgehead atoms. The molecule has 0 aromatic rings. The molecule has 1 heterocycles. The van der Waals surface area contributed by atoms with Gasteiger partial charge >= 0.3 is 6.03 Å². The van der Waals surface area contributed by atoms with E-state index in [1.165, 1.54) is 0 Å². The Kier molecular flexibility index (Phi) is 2.04. The van der Waals surface area contributed by atoms with Gasteiger partial charge in [0, 0.05) is 6.54 Å². The lowest BCUT2D eigenvalue weighted by molar-refractivity contribution is 0.215. The van der Waals surface area contributed by atoms with Gasteiger partial charge < -0.3 is 15.5 Å². The number of amides is 2. The molecule has 1 rings (SSSR count). The van der Waals surface area contributed by atoms with Gasteiger partial charge in [0.05, 0.1) is 12.2 Å². The molecular formula is C7H15N3O. The van der Waals surface area contributed by atoms with E-state index in [1.54, 1.807) is 4.90 Å². The summed E-state index contributed by atoms with van der Waals surface area (Å²) in [6.45, 7) is 5.42. The number of carbonyl (C=O) groups excluding carboxylic acids is 1. The van der Waals surface area contributed by atoms with Crippen molar-refractivity contribution in [2.24, 2.45) is 0 Å². The van der Waals surface area contributed by atoms with Crippen LogP contribution in [0, 0.1) is 0 Å². The van der Waals surface area contributed by atoms with Gasteiger partial charge in [-0.2, -0.15) is 0 Å². The Balaban J connectivity index is 2.52. The molecule has 0 radical (unpaired) electrons. The summed E-state index contributed by atoms with van der Waals surface area (Å²) < 4.78 is 0. The van der Waals surface area contributed by atoms with Crippen LogP contribution in [0.5, 0.6) is 0 Å². The minimum absolute atomic E-state index is 0.0179. The molecule has 1 aliphatic heterocycles. The molecule has 0 aromatic carbocycles. The quantitative estimate of drug-likeness (QED) is 0.591. The maximum Gasteiger partial charge on any atom is 0.318 e. The van der Waals surface area contributed by atoms with Crippen LogP contribution in [-0.2, 0) is 0 Å². The van der Waals surface area contributed by atoms with Gasteiger partial charge in [-0.05, 0) is 20.9 Å². The number of carbonyl (C=O) groups is 1. The van der Waals surface area contributed by atoms with Gasteiger partial charge in [-0.25, -0.2) is 4.79 Å². The van der Waals surface area contributed by atoms with Crippen molar-refractivity contribution in [3.05, 3.63) is 0 Å². The van der Waals surface area contributed by atoms with E-state index in [1.807, 2.05) is 20.9 Å². The summed E-state index contributed by atoms with van der Waals surface area (Å²) in [6.07, 6.45) is 0. The number of rotatable bonds is 2. The molecule has 2 amide bonds. The summed E-state index contributed by atoms with van der Waals surface area (Å²) >= 11 is 0. The first kappa shape index (κ1) is 8.33. The lowest BCUT2D eigenvalue weighted by Gasteiger charge is -2.17. The Morgan fingerprint density at radius 3 is 2.73 bits per heavy atom. The van der Waals surface area contributed by atoms with Crippen molar-refractivity contribution in [1.82, 2.24) is 15.5 Å². The largest absolute Gasteiger partial charge is 0.331 e. The fourth-order valence-corrected chi connectivity index (χ4v) is 1.28. The standard InChI is InChI=1S/C7H15N3O/c1-7(2)4-10(5-8-3)6(11)9-7/h8H,4-5H2,1-3H3,(H,9,11). The zero-order valence-corrected chi connectivity index (χ0v) is 7.27. The minimum Gasteiger partial charge on any atom is -0.331 e. The third-order valence-electron chi connectivity index (χ3n) is 1.67. The second-order valence-corrected chi connectivity index (χ2v) is 3.52. The first-order valence-corrected chi connectivity index (χ1v) is 3.77. The molecule has 1 fully saturated rings. The van der Waals surface area contributed by atoms with Gasteiger partial charge in [-0.1, -0.05) is 0 Å². The molecule has 0 saturated carbocycles. The number of hydrogen-bond donors (Lipinski definition) is 2. The first-order valence-electron chi connectivity index (χ1n) is 3.77. The van der Waals surface area contributed by atoms with Crippen LogP contribution in [0.1, 0.15) is 13.8 Å². The molecule has 0 aliphatic carbocycles. The Labute approximate surface area is 66.9 Å². The topological polar surface area (TPSA) is 44.4 Å². The van der Waals surface area contributed by atoms with Crippen LogP contribution < -0.4 is 10.6 Å². The summed E-state index contributed by atoms with van der Waals surface area (Å²) in [4.78, 5) is 12.9. The number of nitrogens with zero attached hydrogens (tertiary/aromatic N) is 1. The molecule has 0 aromatic heterocycles. The molecule has 0 unspecified atom stereocenters. The van der Waals surface area contributed by atoms with E-state index in [4.69, 9.17) is 0 Å². The summed E-state index contributed by atoms with van der Waals surface area (Å²) in [5.41, 5.74) is -0.0755. The molecule has 64 valence electrons. The van der Waals surface area contributed by atoms with Crippen LogP contribution in [0.25, 0.3) is 0 Å². The van der Waals surface area contributed by atoms with Crippen LogP contribution >= 0.6 is 0 Å². The third-order valence-corrected chi connectivity index (χ3v) is 1.67. The van der Waals surface area contributed by atoms with Crippen LogP contribution in [0.2, 0.25) is 0 Å². The van der Waals surface area contributed by atoms with Crippen molar-refractivity contribution in [1.29, 1.82) is 0 Å². The molecule has 0 atom stereocenters. The van der Waals surface area contributed by atoms with Gasteiger partial charge in [0.15, 0.2) is 0 Å². The fourth-order valence-electron chi connectivity index (χ4n) is 1.28. The Hall–Kier alpha value is -0.770. The Bertz CT molecular complexity index is 167. The normalized spacial score (nSPS) is 22.1. The van der Waals surface area contributed by atoms with Gasteiger partial charge in [0.25, 0.3) is 0 Å². The number of urea groups is 1. The molecule has 4 heteroatoms. The maximum atomic E-state index is 11.2. The van der Waals surface area contributed by atoms with Crippen LogP contribution in [0.15, 0.2) is 0 Å². The highest BCUT2D eigenvalue weighted by Gasteiger charge is 2.33. The minimum atomic E-state index is -0.0755. The third kappa shape index (κ3) is 1.83. The van der Waals surface area contributed by atoms with Crippen molar-refractivity contribution in [2.45, 2.75) is 19.4 Å². The van der Waals surface area contributed by atoms with E-state index >= 15 is 0 Å². The zero-order valence-electron chi connectivity index (χ0n) is 7.27. The SMILES string of the molecule is CNCN1CC(C)(C)NC1=O. The van der Waals surface area contributed by atoms with E-state index in [-0.39, 0.29) is 11.6 Å². The van der Waals surface area contributed by atoms with E-state index in [2.05, 4.69) is 10.6 Å². The monoisotopic (exact) mass is 157 g/mol. The summed E-state index contributed by atoms with van der Waals surface area (Å²) in [6, 6.07) is 0.0179. The molecule has 1 aliphatic rings. The lowest BCUT2D eigenvalue weighted by Crippen LogP contribution is -2.36. The average molecular weight is 157 g/mol. The highest BCUT2D eigenvalue weighted by molar-refractivity contribution is 5.77. The van der Waals surface area contributed by atoms with Crippen LogP contribution in [-0.4, -0.2) is 36.7 Å². The lowest BCUT2D eigenvalue weighted by atomic mass is 10.1. The molecule has 1 saturated heterocycles. The van der Waals surface area contributed by atoms with Crippen LogP contribution in [0.3, 0.4) is 0 Å². The van der Waals surface area contributed by atoms with Gasteiger partial charge in [-0.15, -0.1) is 0 Å². The number of hydrogen-bond acceptors (Lipinski definition) is 2. The first-order chi connectivity index (χ1) is 5.05. The highest BCUT2D eigenvalue weighted by Crippen LogP contribution is 2.12. The Morgan fingerprint density at radius 2 is 2.36 bits per heavy atom. The smallest absolute Gasteiger partial charge is 0.318 e. The van der Waals surface area contributed by atoms with E-state index in [0.717, 1.165) is 6.54 Å². The van der Waals surface area contributed by atoms with Gasteiger partial charge in [0.1, 0.15) is 0 Å². The molecule has 2 N–H and O–H groups in total. The number of nitrogens with one attached hydrogen (secondary N) is 2. The van der Waals surface area contributed by atoms with Gasteiger partial charge in [-0.3, -0.25) is 0 Å². The van der Waals surface area contributed by atoms with Gasteiger partial charge in [0.2, 0.25) is 0 Å². The Morgan fingerprint density at radius 1 is 1.73 bits per heavy atom. The fraction of sp³-hybridized carbons (Fsp3) is 0.857. The van der Waals surface area contributed by atoms with Crippen LogP contribution in [0.4, 0.5) is 4.79 Å². The summed E-state index contributed by atoms with van der Waals surface area (Å²) in [5, 5.41) is 5.82. The predicted octanol–water partition coefficient (Wildman–Crippen LogP) is -0.0329. The van der Waals surface area contributed by atoms with Crippen molar-refractivity contribution >= 4 is 6.03 Å². The average Bonchev–Trinajstić information content (AvgIpc) is 2.07. The van der Waals surface area contributed by atoms with Crippen molar-refractivity contribution in [2.75, 3.05) is 20.3 Å². The molecular weight excluding hydrogens is 142 g/mol.